The first-order valence-corrected chi connectivity index (χ1v) is 7.93. The Morgan fingerprint density at radius 3 is 2.73 bits per heavy atom. The number of piperidine rings is 1. The van der Waals surface area contributed by atoms with Crippen molar-refractivity contribution in [2.24, 2.45) is 5.92 Å². The van der Waals surface area contributed by atoms with E-state index in [0.717, 1.165) is 4.47 Å². The van der Waals surface area contributed by atoms with Crippen molar-refractivity contribution < 1.29 is 14.0 Å². The third kappa shape index (κ3) is 4.16. The van der Waals surface area contributed by atoms with Crippen LogP contribution in [0.5, 0.6) is 0 Å². The molecule has 1 aromatic rings. The predicted octanol–water partition coefficient (Wildman–Crippen LogP) is 2.63. The summed E-state index contributed by atoms with van der Waals surface area (Å²) in [5, 5.41) is 2.84. The zero-order valence-corrected chi connectivity index (χ0v) is 13.7. The van der Waals surface area contributed by atoms with Crippen molar-refractivity contribution in [3.05, 3.63) is 46.7 Å². The Morgan fingerprint density at radius 1 is 1.41 bits per heavy atom. The van der Waals surface area contributed by atoms with Crippen LogP contribution in [-0.2, 0) is 16.1 Å². The van der Waals surface area contributed by atoms with Gasteiger partial charge in [0.15, 0.2) is 0 Å². The Morgan fingerprint density at radius 2 is 2.09 bits per heavy atom. The molecular weight excluding hydrogens is 351 g/mol. The van der Waals surface area contributed by atoms with E-state index in [2.05, 4.69) is 27.8 Å². The summed E-state index contributed by atoms with van der Waals surface area (Å²) in [4.78, 5) is 25.4. The second-order valence-electron chi connectivity index (χ2n) is 5.26. The molecule has 1 aliphatic heterocycles. The van der Waals surface area contributed by atoms with E-state index < -0.39 is 0 Å². The summed E-state index contributed by atoms with van der Waals surface area (Å²) in [7, 11) is 0. The van der Waals surface area contributed by atoms with Crippen molar-refractivity contribution in [1.29, 1.82) is 0 Å². The number of nitrogens with zero attached hydrogens (tertiary/aromatic N) is 1. The highest BCUT2D eigenvalue weighted by Gasteiger charge is 2.26. The van der Waals surface area contributed by atoms with E-state index in [9.17, 15) is 14.0 Å². The van der Waals surface area contributed by atoms with Gasteiger partial charge in [0.2, 0.25) is 11.8 Å². The first-order chi connectivity index (χ1) is 10.5. The van der Waals surface area contributed by atoms with E-state index in [1.165, 1.54) is 18.2 Å². The molecule has 0 unspecified atom stereocenters. The van der Waals surface area contributed by atoms with Gasteiger partial charge in [0.25, 0.3) is 0 Å². The van der Waals surface area contributed by atoms with Gasteiger partial charge in [0.1, 0.15) is 5.82 Å². The third-order valence-corrected chi connectivity index (χ3v) is 4.59. The van der Waals surface area contributed by atoms with E-state index in [-0.39, 0.29) is 30.1 Å². The summed E-state index contributed by atoms with van der Waals surface area (Å²) < 4.78 is 14.0. The maximum atomic E-state index is 13.2. The lowest BCUT2D eigenvalue weighted by Crippen LogP contribution is -2.42. The van der Waals surface area contributed by atoms with Crippen LogP contribution in [0.2, 0.25) is 0 Å². The maximum Gasteiger partial charge on any atom is 0.245 e. The van der Waals surface area contributed by atoms with Gasteiger partial charge >= 0.3 is 0 Å². The van der Waals surface area contributed by atoms with Crippen LogP contribution in [0.15, 0.2) is 35.3 Å². The molecule has 0 aromatic heterocycles. The molecule has 4 nitrogen and oxygen atoms in total. The molecule has 0 aliphatic carbocycles. The van der Waals surface area contributed by atoms with Crippen molar-refractivity contribution in [2.75, 3.05) is 13.1 Å². The van der Waals surface area contributed by atoms with Gasteiger partial charge in [0, 0.05) is 30.0 Å². The second-order valence-corrected chi connectivity index (χ2v) is 6.11. The highest BCUT2D eigenvalue weighted by atomic mass is 79.9. The number of nitrogens with one attached hydrogen (secondary N) is 1. The molecule has 22 heavy (non-hydrogen) atoms. The normalized spacial score (nSPS) is 15.5. The Bertz CT molecular complexity index is 584. The van der Waals surface area contributed by atoms with Gasteiger partial charge in [-0.25, -0.2) is 4.39 Å². The van der Waals surface area contributed by atoms with Crippen molar-refractivity contribution in [2.45, 2.75) is 19.4 Å². The number of carbonyl (C=O) groups is 2. The van der Waals surface area contributed by atoms with Crippen LogP contribution < -0.4 is 5.32 Å². The minimum atomic E-state index is -0.330. The van der Waals surface area contributed by atoms with Crippen LogP contribution >= 0.6 is 15.9 Å². The molecule has 2 rings (SSSR count). The summed E-state index contributed by atoms with van der Waals surface area (Å²) in [6.07, 6.45) is 2.56. The molecule has 0 atom stereocenters. The van der Waals surface area contributed by atoms with Gasteiger partial charge in [-0.2, -0.15) is 0 Å². The summed E-state index contributed by atoms with van der Waals surface area (Å²) in [6, 6.07) is 4.38. The highest BCUT2D eigenvalue weighted by Crippen LogP contribution is 2.20. The number of amides is 2. The molecular formula is C16H18BrFN2O2. The highest BCUT2D eigenvalue weighted by molar-refractivity contribution is 9.10. The monoisotopic (exact) mass is 368 g/mol. The smallest absolute Gasteiger partial charge is 0.245 e. The van der Waals surface area contributed by atoms with Crippen molar-refractivity contribution in [3.8, 4) is 0 Å². The van der Waals surface area contributed by atoms with Crippen molar-refractivity contribution in [3.63, 3.8) is 0 Å². The van der Waals surface area contributed by atoms with Crippen molar-refractivity contribution >= 4 is 27.7 Å². The van der Waals surface area contributed by atoms with Gasteiger partial charge < -0.3 is 10.2 Å². The number of hydrogen-bond donors (Lipinski definition) is 1. The Hall–Kier alpha value is -1.69. The zero-order valence-electron chi connectivity index (χ0n) is 12.1. The topological polar surface area (TPSA) is 49.4 Å². The number of hydrogen-bond acceptors (Lipinski definition) is 2. The third-order valence-electron chi connectivity index (χ3n) is 3.81. The quantitative estimate of drug-likeness (QED) is 0.830. The standard InChI is InChI=1S/C16H18BrFN2O2/c1-2-15(21)20-7-5-11(6-8-20)16(22)19-10-12-9-13(18)3-4-14(12)17/h2-4,9,11H,1,5-8,10H2,(H,19,22). The molecule has 118 valence electrons. The van der Waals surface area contributed by atoms with E-state index in [1.54, 1.807) is 11.0 Å². The molecule has 1 aromatic carbocycles. The summed E-state index contributed by atoms with van der Waals surface area (Å²) in [6.45, 7) is 4.87. The fraction of sp³-hybridized carbons (Fsp3) is 0.375. The first kappa shape index (κ1) is 16.7. The van der Waals surface area contributed by atoms with Gasteiger partial charge in [0.05, 0.1) is 0 Å². The lowest BCUT2D eigenvalue weighted by molar-refractivity contribution is -0.132. The minimum Gasteiger partial charge on any atom is -0.352 e. The SMILES string of the molecule is C=CC(=O)N1CCC(C(=O)NCc2cc(F)ccc2Br)CC1. The average Bonchev–Trinajstić information content (AvgIpc) is 2.54. The second kappa shape index (κ2) is 7.54. The van der Waals surface area contributed by atoms with E-state index in [0.29, 0.717) is 31.5 Å². The molecule has 6 heteroatoms. The lowest BCUT2D eigenvalue weighted by Gasteiger charge is -2.30. The number of likely N-dealkylation sites (tertiary alicyclic amines) is 1. The van der Waals surface area contributed by atoms with E-state index in [1.807, 2.05) is 0 Å². The average molecular weight is 369 g/mol. The zero-order chi connectivity index (χ0) is 16.1. The molecule has 1 saturated heterocycles. The van der Waals surface area contributed by atoms with Gasteiger partial charge in [-0.05, 0) is 42.7 Å². The van der Waals surface area contributed by atoms with Crippen LogP contribution in [0.4, 0.5) is 4.39 Å². The summed E-state index contributed by atoms with van der Waals surface area (Å²) in [5.41, 5.74) is 0.702. The largest absolute Gasteiger partial charge is 0.352 e. The van der Waals surface area contributed by atoms with E-state index in [4.69, 9.17) is 0 Å². The fourth-order valence-electron chi connectivity index (χ4n) is 2.50. The molecule has 2 amide bonds. The number of carbonyl (C=O) groups excluding carboxylic acids is 2. The van der Waals surface area contributed by atoms with Crippen LogP contribution in [0.3, 0.4) is 0 Å². The first-order valence-electron chi connectivity index (χ1n) is 7.14. The summed E-state index contributed by atoms with van der Waals surface area (Å²) >= 11 is 3.34. The minimum absolute atomic E-state index is 0.0538. The van der Waals surface area contributed by atoms with Gasteiger partial charge in [-0.1, -0.05) is 22.5 Å². The molecule has 0 radical (unpaired) electrons. The molecule has 1 fully saturated rings. The van der Waals surface area contributed by atoms with Gasteiger partial charge in [-0.3, -0.25) is 9.59 Å². The van der Waals surface area contributed by atoms with Crippen LogP contribution in [-0.4, -0.2) is 29.8 Å². The van der Waals surface area contributed by atoms with E-state index >= 15 is 0 Å². The molecule has 0 saturated carbocycles. The van der Waals surface area contributed by atoms with Gasteiger partial charge in [-0.15, -0.1) is 0 Å². The maximum absolute atomic E-state index is 13.2. The Labute approximate surface area is 137 Å². The number of halogens is 2. The molecule has 0 spiro atoms. The molecule has 1 N–H and O–H groups in total. The van der Waals surface area contributed by atoms with Crippen LogP contribution in [0, 0.1) is 11.7 Å². The molecule has 1 heterocycles. The predicted molar refractivity (Wildman–Crippen MR) is 85.4 cm³/mol. The van der Waals surface area contributed by atoms with Crippen molar-refractivity contribution in [1.82, 2.24) is 10.2 Å². The van der Waals surface area contributed by atoms with Crippen LogP contribution in [0.1, 0.15) is 18.4 Å². The Kier molecular flexibility index (Phi) is 5.71. The van der Waals surface area contributed by atoms with Crippen LogP contribution in [0.25, 0.3) is 0 Å². The fourth-order valence-corrected chi connectivity index (χ4v) is 2.88. The molecule has 1 aliphatic rings. The lowest BCUT2D eigenvalue weighted by atomic mass is 9.95. The molecule has 0 bridgehead atoms. The number of benzene rings is 1. The Balaban J connectivity index is 1.85. The summed E-state index contributed by atoms with van der Waals surface area (Å²) in [5.74, 6) is -0.589. The number of rotatable bonds is 4.